The van der Waals surface area contributed by atoms with Crippen LogP contribution in [0.5, 0.6) is 0 Å². The fourth-order valence-electron chi connectivity index (χ4n) is 4.25. The van der Waals surface area contributed by atoms with Crippen LogP contribution in [0.3, 0.4) is 0 Å². The summed E-state index contributed by atoms with van der Waals surface area (Å²) in [6, 6.07) is 12.6. The van der Waals surface area contributed by atoms with Crippen molar-refractivity contribution in [1.29, 1.82) is 0 Å². The third-order valence-corrected chi connectivity index (χ3v) is 7.76. The first kappa shape index (κ1) is 31.7. The Balaban J connectivity index is 1.65. The van der Waals surface area contributed by atoms with Crippen LogP contribution >= 0.6 is 0 Å². The SMILES string of the molecule is Cc1ccc(S(=O)(=O)N[C@@](C=O)(CNCCNC(=O)c2cccc(N3CCNC3=O)c2)CC(=O)NC(C)(C)C)cc1. The molecule has 12 nitrogen and oxygen atoms in total. The number of hydrogen-bond donors (Lipinski definition) is 5. The van der Waals surface area contributed by atoms with Crippen LogP contribution in [0.1, 0.15) is 43.1 Å². The summed E-state index contributed by atoms with van der Waals surface area (Å²) >= 11 is 0. The molecule has 0 bridgehead atoms. The van der Waals surface area contributed by atoms with Gasteiger partial charge >= 0.3 is 6.03 Å². The quantitative estimate of drug-likeness (QED) is 0.173. The van der Waals surface area contributed by atoms with E-state index in [1.54, 1.807) is 62.1 Å². The Morgan fingerprint density at radius 2 is 1.78 bits per heavy atom. The number of sulfonamides is 1. The molecule has 1 aliphatic heterocycles. The number of nitrogens with zero attached hydrogens (tertiary/aromatic N) is 1. The second-order valence-corrected chi connectivity index (χ2v) is 12.7. The number of anilines is 1. The van der Waals surface area contributed by atoms with Gasteiger partial charge in [-0.05, 0) is 58.0 Å². The largest absolute Gasteiger partial charge is 0.351 e. The van der Waals surface area contributed by atoms with Crippen LogP contribution in [0.25, 0.3) is 0 Å². The maximum Gasteiger partial charge on any atom is 0.321 e. The van der Waals surface area contributed by atoms with E-state index >= 15 is 0 Å². The number of carbonyl (C=O) groups is 4. The minimum Gasteiger partial charge on any atom is -0.351 e. The molecule has 13 heteroatoms. The van der Waals surface area contributed by atoms with E-state index < -0.39 is 33.4 Å². The fourth-order valence-corrected chi connectivity index (χ4v) is 5.59. The number of carbonyl (C=O) groups excluding carboxylic acids is 4. The van der Waals surface area contributed by atoms with Gasteiger partial charge < -0.3 is 26.1 Å². The van der Waals surface area contributed by atoms with Crippen LogP contribution in [0, 0.1) is 6.92 Å². The van der Waals surface area contributed by atoms with Crippen molar-refractivity contribution in [1.82, 2.24) is 26.0 Å². The average Bonchev–Trinajstić information content (AvgIpc) is 3.33. The molecule has 1 aliphatic rings. The monoisotopic (exact) mass is 586 g/mol. The average molecular weight is 587 g/mol. The van der Waals surface area contributed by atoms with Crippen LogP contribution in [-0.2, 0) is 19.6 Å². The van der Waals surface area contributed by atoms with Crippen LogP contribution in [0.2, 0.25) is 0 Å². The minimum absolute atomic E-state index is 0.0357. The fraction of sp³-hybridized carbons (Fsp3) is 0.429. The number of rotatable bonds is 13. The van der Waals surface area contributed by atoms with Gasteiger partial charge in [0, 0.05) is 49.5 Å². The molecule has 1 atom stereocenters. The Morgan fingerprint density at radius 3 is 2.39 bits per heavy atom. The van der Waals surface area contributed by atoms with Crippen molar-refractivity contribution in [3.63, 3.8) is 0 Å². The Labute approximate surface area is 240 Å². The molecule has 41 heavy (non-hydrogen) atoms. The molecule has 0 spiro atoms. The predicted octanol–water partition coefficient (Wildman–Crippen LogP) is 1.07. The lowest BCUT2D eigenvalue weighted by molar-refractivity contribution is -0.126. The topological polar surface area (TPSA) is 166 Å². The number of hydrogen-bond acceptors (Lipinski definition) is 7. The van der Waals surface area contributed by atoms with Crippen LogP contribution < -0.4 is 30.9 Å². The molecule has 0 radical (unpaired) electrons. The summed E-state index contributed by atoms with van der Waals surface area (Å²) in [5.74, 6) is -0.864. The summed E-state index contributed by atoms with van der Waals surface area (Å²) < 4.78 is 28.7. The molecular weight excluding hydrogens is 548 g/mol. The van der Waals surface area contributed by atoms with Crippen molar-refractivity contribution < 1.29 is 27.6 Å². The lowest BCUT2D eigenvalue weighted by Crippen LogP contribution is -2.59. The zero-order valence-electron chi connectivity index (χ0n) is 23.7. The summed E-state index contributed by atoms with van der Waals surface area (Å²) in [4.78, 5) is 51.3. The van der Waals surface area contributed by atoms with Gasteiger partial charge in [-0.2, -0.15) is 4.72 Å². The van der Waals surface area contributed by atoms with E-state index in [0.717, 1.165) is 5.56 Å². The Hall–Kier alpha value is -3.81. The van der Waals surface area contributed by atoms with E-state index in [1.165, 1.54) is 12.1 Å². The van der Waals surface area contributed by atoms with Gasteiger partial charge in [-0.25, -0.2) is 13.2 Å². The Morgan fingerprint density at radius 1 is 1.07 bits per heavy atom. The molecule has 1 saturated heterocycles. The highest BCUT2D eigenvalue weighted by atomic mass is 32.2. The second kappa shape index (κ2) is 13.2. The Kier molecular flexibility index (Phi) is 10.2. The molecule has 1 fully saturated rings. The van der Waals surface area contributed by atoms with Gasteiger partial charge in [0.05, 0.1) is 11.3 Å². The standard InChI is InChI=1S/C28H38N6O6S/c1-20-8-10-23(11-9-20)41(39,40)33-28(19-35,17-24(36)32-27(2,3)4)18-29-12-13-30-25(37)21-6-5-7-22(16-21)34-15-14-31-26(34)38/h5-11,16,19,29,33H,12-15,17-18H2,1-4H3,(H,30,37)(H,31,38)(H,32,36)/t28-/m1/s1. The predicted molar refractivity (Wildman–Crippen MR) is 155 cm³/mol. The van der Waals surface area contributed by atoms with E-state index in [1.807, 2.05) is 6.92 Å². The number of aryl methyl sites for hydroxylation is 1. The molecule has 222 valence electrons. The third-order valence-electron chi connectivity index (χ3n) is 6.19. The molecule has 0 saturated carbocycles. The van der Waals surface area contributed by atoms with E-state index in [9.17, 15) is 27.6 Å². The third kappa shape index (κ3) is 9.10. The van der Waals surface area contributed by atoms with Crippen LogP contribution in [0.15, 0.2) is 53.4 Å². The normalized spacial score (nSPS) is 15.1. The molecular formula is C28H38N6O6S. The molecule has 4 amide bonds. The highest BCUT2D eigenvalue weighted by molar-refractivity contribution is 7.89. The molecule has 3 rings (SSSR count). The highest BCUT2D eigenvalue weighted by Crippen LogP contribution is 2.19. The van der Waals surface area contributed by atoms with Gasteiger partial charge in [-0.1, -0.05) is 23.8 Å². The van der Waals surface area contributed by atoms with Gasteiger partial charge in [-0.3, -0.25) is 14.5 Å². The first-order valence-electron chi connectivity index (χ1n) is 13.3. The van der Waals surface area contributed by atoms with Crippen molar-refractivity contribution in [2.45, 2.75) is 50.1 Å². The number of urea groups is 1. The van der Waals surface area contributed by atoms with Crippen molar-refractivity contribution >= 4 is 39.8 Å². The van der Waals surface area contributed by atoms with Gasteiger partial charge in [0.25, 0.3) is 5.91 Å². The van der Waals surface area contributed by atoms with Crippen molar-refractivity contribution in [3.05, 3.63) is 59.7 Å². The maximum atomic E-state index is 13.1. The zero-order chi connectivity index (χ0) is 30.3. The van der Waals surface area contributed by atoms with Crippen LogP contribution in [-0.4, -0.2) is 76.4 Å². The van der Waals surface area contributed by atoms with E-state index in [-0.39, 0.29) is 36.5 Å². The highest BCUT2D eigenvalue weighted by Gasteiger charge is 2.38. The second-order valence-electron chi connectivity index (χ2n) is 11.0. The van der Waals surface area contributed by atoms with Gasteiger partial charge in [-0.15, -0.1) is 0 Å². The van der Waals surface area contributed by atoms with E-state index in [4.69, 9.17) is 0 Å². The molecule has 0 aliphatic carbocycles. The smallest absolute Gasteiger partial charge is 0.321 e. The summed E-state index contributed by atoms with van der Waals surface area (Å²) in [5, 5.41) is 11.2. The molecule has 2 aromatic rings. The number of benzene rings is 2. The molecule has 0 aromatic heterocycles. The van der Waals surface area contributed by atoms with Crippen molar-refractivity contribution in [3.8, 4) is 0 Å². The van der Waals surface area contributed by atoms with Gasteiger partial charge in [0.15, 0.2) is 0 Å². The molecule has 2 aromatic carbocycles. The maximum absolute atomic E-state index is 13.1. The summed E-state index contributed by atoms with van der Waals surface area (Å²) in [5.41, 5.74) is -0.528. The number of amides is 4. The van der Waals surface area contributed by atoms with E-state index in [2.05, 4.69) is 26.0 Å². The number of nitrogens with one attached hydrogen (secondary N) is 5. The first-order chi connectivity index (χ1) is 19.2. The van der Waals surface area contributed by atoms with Crippen LogP contribution in [0.4, 0.5) is 10.5 Å². The summed E-state index contributed by atoms with van der Waals surface area (Å²) in [6.45, 7) is 8.33. The molecule has 5 N–H and O–H groups in total. The Bertz CT molecular complexity index is 1370. The summed E-state index contributed by atoms with van der Waals surface area (Å²) in [6.07, 6.45) is -0.0122. The summed E-state index contributed by atoms with van der Waals surface area (Å²) in [7, 11) is -4.15. The zero-order valence-corrected chi connectivity index (χ0v) is 24.6. The van der Waals surface area contributed by atoms with Crippen molar-refractivity contribution in [2.24, 2.45) is 0 Å². The minimum atomic E-state index is -4.15. The molecule has 1 heterocycles. The van der Waals surface area contributed by atoms with E-state index in [0.29, 0.717) is 30.6 Å². The molecule has 0 unspecified atom stereocenters. The van der Waals surface area contributed by atoms with Crippen molar-refractivity contribution in [2.75, 3.05) is 37.6 Å². The number of aldehydes is 1. The lowest BCUT2D eigenvalue weighted by atomic mass is 9.97. The van der Waals surface area contributed by atoms with Gasteiger partial charge in [0.2, 0.25) is 15.9 Å². The lowest BCUT2D eigenvalue weighted by Gasteiger charge is -2.30. The van der Waals surface area contributed by atoms with Gasteiger partial charge in [0.1, 0.15) is 11.8 Å². The first-order valence-corrected chi connectivity index (χ1v) is 14.7.